The zero-order valence-electron chi connectivity index (χ0n) is 12.6. The molecule has 1 aliphatic rings. The summed E-state index contributed by atoms with van der Waals surface area (Å²) < 4.78 is 13.9. The van der Waals surface area contributed by atoms with Crippen molar-refractivity contribution in [2.24, 2.45) is 17.8 Å². The number of halogens is 2. The second-order valence-electron chi connectivity index (χ2n) is 6.42. The Morgan fingerprint density at radius 3 is 2.70 bits per heavy atom. The van der Waals surface area contributed by atoms with Crippen molar-refractivity contribution in [3.05, 3.63) is 34.1 Å². The second kappa shape index (κ2) is 7.04. The van der Waals surface area contributed by atoms with Gasteiger partial charge in [0, 0.05) is 6.04 Å². The highest BCUT2D eigenvalue weighted by molar-refractivity contribution is 9.10. The van der Waals surface area contributed by atoms with Crippen molar-refractivity contribution in [2.45, 2.75) is 45.6 Å². The third kappa shape index (κ3) is 3.82. The van der Waals surface area contributed by atoms with E-state index in [9.17, 15) is 4.39 Å². The van der Waals surface area contributed by atoms with Crippen LogP contribution in [-0.2, 0) is 6.42 Å². The predicted molar refractivity (Wildman–Crippen MR) is 86.3 cm³/mol. The first-order valence-corrected chi connectivity index (χ1v) is 8.41. The van der Waals surface area contributed by atoms with Gasteiger partial charge in [0.25, 0.3) is 0 Å². The molecule has 0 heterocycles. The molecule has 20 heavy (non-hydrogen) atoms. The van der Waals surface area contributed by atoms with Crippen LogP contribution in [-0.4, -0.2) is 13.1 Å². The Morgan fingerprint density at radius 2 is 2.10 bits per heavy atom. The van der Waals surface area contributed by atoms with Gasteiger partial charge in [-0.2, -0.15) is 0 Å². The van der Waals surface area contributed by atoms with E-state index in [-0.39, 0.29) is 5.82 Å². The largest absolute Gasteiger partial charge is 0.317 e. The molecule has 1 nitrogen and oxygen atoms in total. The lowest BCUT2D eigenvalue weighted by atomic mass is 9.72. The fourth-order valence-electron chi connectivity index (χ4n) is 3.48. The van der Waals surface area contributed by atoms with Crippen LogP contribution in [0, 0.1) is 23.6 Å². The van der Waals surface area contributed by atoms with Crippen LogP contribution in [0.2, 0.25) is 0 Å². The van der Waals surface area contributed by atoms with E-state index in [2.05, 4.69) is 42.1 Å². The van der Waals surface area contributed by atoms with Gasteiger partial charge in [0.2, 0.25) is 0 Å². The van der Waals surface area contributed by atoms with Gasteiger partial charge in [-0.15, -0.1) is 0 Å². The van der Waals surface area contributed by atoms with Crippen LogP contribution in [0.4, 0.5) is 4.39 Å². The molecule has 112 valence electrons. The van der Waals surface area contributed by atoms with Gasteiger partial charge in [-0.25, -0.2) is 4.39 Å². The molecule has 1 aromatic carbocycles. The highest BCUT2D eigenvalue weighted by atomic mass is 79.9. The fourth-order valence-corrected chi connectivity index (χ4v) is 3.91. The van der Waals surface area contributed by atoms with Crippen molar-refractivity contribution in [2.75, 3.05) is 7.05 Å². The van der Waals surface area contributed by atoms with E-state index in [1.807, 2.05) is 12.1 Å². The van der Waals surface area contributed by atoms with Crippen molar-refractivity contribution in [3.8, 4) is 0 Å². The summed E-state index contributed by atoms with van der Waals surface area (Å²) in [5.74, 6) is 2.06. The molecule has 1 aliphatic carbocycles. The van der Waals surface area contributed by atoms with Gasteiger partial charge in [0.15, 0.2) is 0 Å². The molecular formula is C17H25BrFN. The van der Waals surface area contributed by atoms with Crippen molar-refractivity contribution >= 4 is 15.9 Å². The highest BCUT2D eigenvalue weighted by Crippen LogP contribution is 2.36. The van der Waals surface area contributed by atoms with Crippen LogP contribution in [0.5, 0.6) is 0 Å². The van der Waals surface area contributed by atoms with Crippen LogP contribution in [0.15, 0.2) is 22.7 Å². The van der Waals surface area contributed by atoms with Gasteiger partial charge in [-0.3, -0.25) is 0 Å². The monoisotopic (exact) mass is 341 g/mol. The predicted octanol–water partition coefficient (Wildman–Crippen LogP) is 4.79. The molecule has 0 aromatic heterocycles. The molecule has 3 unspecified atom stereocenters. The first-order valence-electron chi connectivity index (χ1n) is 7.62. The molecule has 3 atom stereocenters. The normalized spacial score (nSPS) is 27.0. The molecule has 3 heteroatoms. The Bertz CT molecular complexity index is 447. The molecule has 0 saturated heterocycles. The van der Waals surface area contributed by atoms with Gasteiger partial charge in [-0.05, 0) is 84.1 Å². The summed E-state index contributed by atoms with van der Waals surface area (Å²) in [7, 11) is 2.06. The molecule has 2 rings (SSSR count). The van der Waals surface area contributed by atoms with E-state index in [1.165, 1.54) is 24.8 Å². The molecule has 0 aliphatic heterocycles. The number of hydrogen-bond donors (Lipinski definition) is 1. The first-order chi connectivity index (χ1) is 9.51. The van der Waals surface area contributed by atoms with E-state index >= 15 is 0 Å². The number of rotatable bonds is 4. The highest BCUT2D eigenvalue weighted by Gasteiger charge is 2.30. The third-order valence-corrected chi connectivity index (χ3v) is 5.43. The van der Waals surface area contributed by atoms with Gasteiger partial charge < -0.3 is 5.32 Å². The average Bonchev–Trinajstić information content (AvgIpc) is 2.42. The molecule has 1 aromatic rings. The minimum Gasteiger partial charge on any atom is -0.317 e. The summed E-state index contributed by atoms with van der Waals surface area (Å²) in [5.41, 5.74) is 1.23. The van der Waals surface area contributed by atoms with Crippen molar-refractivity contribution < 1.29 is 4.39 Å². The maximum Gasteiger partial charge on any atom is 0.137 e. The molecule has 1 N–H and O–H groups in total. The van der Waals surface area contributed by atoms with E-state index in [1.54, 1.807) is 6.07 Å². The van der Waals surface area contributed by atoms with E-state index < -0.39 is 0 Å². The Kier molecular flexibility index (Phi) is 5.62. The zero-order chi connectivity index (χ0) is 14.7. The van der Waals surface area contributed by atoms with Gasteiger partial charge in [0.1, 0.15) is 5.82 Å². The summed E-state index contributed by atoms with van der Waals surface area (Å²) in [4.78, 5) is 0. The summed E-state index contributed by atoms with van der Waals surface area (Å²) in [6, 6.07) is 6.01. The van der Waals surface area contributed by atoms with Crippen molar-refractivity contribution in [3.63, 3.8) is 0 Å². The molecule has 0 amide bonds. The van der Waals surface area contributed by atoms with Crippen LogP contribution in [0.25, 0.3) is 0 Å². The summed E-state index contributed by atoms with van der Waals surface area (Å²) in [6.45, 7) is 4.66. The topological polar surface area (TPSA) is 12.0 Å². The van der Waals surface area contributed by atoms with Crippen LogP contribution in [0.1, 0.15) is 38.7 Å². The maximum absolute atomic E-state index is 13.3. The average molecular weight is 342 g/mol. The molecule has 0 bridgehead atoms. The van der Waals surface area contributed by atoms with Crippen LogP contribution >= 0.6 is 15.9 Å². The number of hydrogen-bond acceptors (Lipinski definition) is 1. The summed E-state index contributed by atoms with van der Waals surface area (Å²) in [5, 5.41) is 3.47. The maximum atomic E-state index is 13.3. The van der Waals surface area contributed by atoms with E-state index in [0.29, 0.717) is 16.4 Å². The van der Waals surface area contributed by atoms with Crippen LogP contribution < -0.4 is 5.32 Å². The smallest absolute Gasteiger partial charge is 0.137 e. The lowest BCUT2D eigenvalue weighted by molar-refractivity contribution is 0.173. The lowest BCUT2D eigenvalue weighted by Crippen LogP contribution is -2.40. The molecule has 1 saturated carbocycles. The van der Waals surface area contributed by atoms with Gasteiger partial charge in [-0.1, -0.05) is 19.9 Å². The molecular weight excluding hydrogens is 317 g/mol. The molecule has 0 radical (unpaired) electrons. The third-order valence-electron chi connectivity index (χ3n) is 4.82. The summed E-state index contributed by atoms with van der Waals surface area (Å²) in [6.07, 6.45) is 4.89. The fraction of sp³-hybridized carbons (Fsp3) is 0.647. The van der Waals surface area contributed by atoms with Crippen molar-refractivity contribution in [1.82, 2.24) is 5.32 Å². The minimum atomic E-state index is -0.178. The standard InChI is InChI=1S/C17H25BrFN/c1-11(2)13-5-7-17(20-3)14(10-13)8-12-4-6-16(19)15(18)9-12/h4,6,9,11,13-14,17,20H,5,7-8,10H2,1-3H3. The van der Waals surface area contributed by atoms with Crippen molar-refractivity contribution in [1.29, 1.82) is 0 Å². The van der Waals surface area contributed by atoms with E-state index in [0.717, 1.165) is 18.3 Å². The number of nitrogens with one attached hydrogen (secondary N) is 1. The molecule has 1 fully saturated rings. The molecule has 0 spiro atoms. The Balaban J connectivity index is 2.09. The first kappa shape index (κ1) is 16.0. The Hall–Kier alpha value is -0.410. The number of benzene rings is 1. The van der Waals surface area contributed by atoms with Gasteiger partial charge in [0.05, 0.1) is 4.47 Å². The quantitative estimate of drug-likeness (QED) is 0.829. The zero-order valence-corrected chi connectivity index (χ0v) is 14.2. The van der Waals surface area contributed by atoms with E-state index in [4.69, 9.17) is 0 Å². The SMILES string of the molecule is CNC1CCC(C(C)C)CC1Cc1ccc(F)c(Br)c1. The Labute approximate surface area is 130 Å². The second-order valence-corrected chi connectivity index (χ2v) is 7.28. The van der Waals surface area contributed by atoms with Gasteiger partial charge >= 0.3 is 0 Å². The lowest BCUT2D eigenvalue weighted by Gasteiger charge is -2.38. The Morgan fingerprint density at radius 1 is 1.35 bits per heavy atom. The minimum absolute atomic E-state index is 0.178. The summed E-state index contributed by atoms with van der Waals surface area (Å²) >= 11 is 3.29. The van der Waals surface area contributed by atoms with Crippen LogP contribution in [0.3, 0.4) is 0 Å².